The summed E-state index contributed by atoms with van der Waals surface area (Å²) in [6.45, 7) is 2.47. The summed E-state index contributed by atoms with van der Waals surface area (Å²) in [6.07, 6.45) is 1.63. The number of hydrogen-bond acceptors (Lipinski definition) is 4. The van der Waals surface area contributed by atoms with Crippen LogP contribution in [0.15, 0.2) is 78.5 Å². The number of aromatic carboxylic acids is 1. The van der Waals surface area contributed by atoms with Crippen LogP contribution in [-0.4, -0.2) is 27.9 Å². The molecule has 1 saturated heterocycles. The molecule has 0 saturated carbocycles. The summed E-state index contributed by atoms with van der Waals surface area (Å²) in [5, 5.41) is 11.6. The Kier molecular flexibility index (Phi) is 6.22. The Hall–Kier alpha value is -4.39. The summed E-state index contributed by atoms with van der Waals surface area (Å²) < 4.78 is 5.74. The number of carbonyl (C=O) groups is 3. The summed E-state index contributed by atoms with van der Waals surface area (Å²) >= 11 is 0. The molecule has 0 radical (unpaired) electrons. The lowest BCUT2D eigenvalue weighted by molar-refractivity contribution is -0.123. The number of benzene rings is 3. The second kappa shape index (κ2) is 9.40. The standard InChI is InChI=1S/C26H22N2O5/c1-17-3-2-4-20(13-17)15-28-24(29)23(27-26(28)32)14-18-7-11-22(12-8-18)33-16-19-5-9-21(10-6-19)25(30)31/h2-14H,15-16H2,1H3,(H,27,32)(H,30,31)/b23-14+. The monoisotopic (exact) mass is 442 g/mol. The first kappa shape index (κ1) is 21.8. The van der Waals surface area contributed by atoms with Crippen LogP contribution in [0.25, 0.3) is 6.08 Å². The lowest BCUT2D eigenvalue weighted by Crippen LogP contribution is -2.30. The van der Waals surface area contributed by atoms with Gasteiger partial charge < -0.3 is 15.2 Å². The van der Waals surface area contributed by atoms with Crippen molar-refractivity contribution in [1.29, 1.82) is 0 Å². The van der Waals surface area contributed by atoms with Gasteiger partial charge in [0.05, 0.1) is 12.1 Å². The molecule has 1 heterocycles. The number of carbonyl (C=O) groups excluding carboxylic acids is 2. The Balaban J connectivity index is 1.38. The molecular formula is C26H22N2O5. The van der Waals surface area contributed by atoms with E-state index in [9.17, 15) is 14.4 Å². The fourth-order valence-corrected chi connectivity index (χ4v) is 3.45. The Bertz CT molecular complexity index is 1230. The fraction of sp³-hybridized carbons (Fsp3) is 0.115. The van der Waals surface area contributed by atoms with E-state index in [1.54, 1.807) is 42.5 Å². The third-order valence-electron chi connectivity index (χ3n) is 5.18. The van der Waals surface area contributed by atoms with Crippen LogP contribution in [0.1, 0.15) is 32.6 Å². The average Bonchev–Trinajstić information content (AvgIpc) is 3.06. The molecule has 1 fully saturated rings. The molecule has 0 unspecified atom stereocenters. The molecule has 3 aromatic carbocycles. The molecule has 0 bridgehead atoms. The van der Waals surface area contributed by atoms with E-state index in [4.69, 9.17) is 9.84 Å². The summed E-state index contributed by atoms with van der Waals surface area (Å²) in [6, 6.07) is 20.8. The van der Waals surface area contributed by atoms with E-state index in [0.717, 1.165) is 22.3 Å². The van der Waals surface area contributed by atoms with Crippen LogP contribution in [0.5, 0.6) is 5.75 Å². The predicted octanol–water partition coefficient (Wildman–Crippen LogP) is 4.37. The zero-order valence-electron chi connectivity index (χ0n) is 17.9. The van der Waals surface area contributed by atoms with Gasteiger partial charge in [0, 0.05) is 0 Å². The number of nitrogens with zero attached hydrogens (tertiary/aromatic N) is 1. The van der Waals surface area contributed by atoms with Crippen LogP contribution in [0.2, 0.25) is 0 Å². The number of carboxylic acids is 1. The van der Waals surface area contributed by atoms with Crippen molar-refractivity contribution < 1.29 is 24.2 Å². The molecule has 0 atom stereocenters. The molecule has 4 rings (SSSR count). The highest BCUT2D eigenvalue weighted by atomic mass is 16.5. The highest BCUT2D eigenvalue weighted by molar-refractivity contribution is 6.13. The Labute approximate surface area is 190 Å². The molecule has 166 valence electrons. The number of nitrogens with one attached hydrogen (secondary N) is 1. The topological polar surface area (TPSA) is 95.9 Å². The van der Waals surface area contributed by atoms with E-state index in [1.165, 1.54) is 17.0 Å². The Morgan fingerprint density at radius 3 is 2.39 bits per heavy atom. The van der Waals surface area contributed by atoms with Crippen LogP contribution in [0.3, 0.4) is 0 Å². The maximum atomic E-state index is 12.7. The van der Waals surface area contributed by atoms with Crippen LogP contribution >= 0.6 is 0 Å². The number of imide groups is 1. The van der Waals surface area contributed by atoms with Crippen molar-refractivity contribution in [1.82, 2.24) is 10.2 Å². The smallest absolute Gasteiger partial charge is 0.335 e. The molecule has 2 N–H and O–H groups in total. The van der Waals surface area contributed by atoms with Gasteiger partial charge in [-0.05, 0) is 54.0 Å². The summed E-state index contributed by atoms with van der Waals surface area (Å²) in [4.78, 5) is 37.1. The fourth-order valence-electron chi connectivity index (χ4n) is 3.45. The van der Waals surface area contributed by atoms with E-state index >= 15 is 0 Å². The van der Waals surface area contributed by atoms with Gasteiger partial charge in [-0.2, -0.15) is 0 Å². The predicted molar refractivity (Wildman–Crippen MR) is 122 cm³/mol. The van der Waals surface area contributed by atoms with Gasteiger partial charge in [0.25, 0.3) is 5.91 Å². The van der Waals surface area contributed by atoms with Crippen LogP contribution in [0, 0.1) is 6.92 Å². The third-order valence-corrected chi connectivity index (χ3v) is 5.18. The normalized spacial score (nSPS) is 14.5. The number of urea groups is 1. The summed E-state index contributed by atoms with van der Waals surface area (Å²) in [7, 11) is 0. The molecule has 0 aliphatic carbocycles. The first-order valence-corrected chi connectivity index (χ1v) is 10.3. The summed E-state index contributed by atoms with van der Waals surface area (Å²) in [5.74, 6) is -0.712. The van der Waals surface area contributed by atoms with E-state index in [0.29, 0.717) is 12.4 Å². The van der Waals surface area contributed by atoms with Gasteiger partial charge >= 0.3 is 12.0 Å². The number of amides is 3. The minimum absolute atomic E-state index is 0.212. The van der Waals surface area contributed by atoms with Crippen molar-refractivity contribution >= 4 is 24.0 Å². The maximum Gasteiger partial charge on any atom is 0.335 e. The van der Waals surface area contributed by atoms with Crippen LogP contribution < -0.4 is 10.1 Å². The van der Waals surface area contributed by atoms with Gasteiger partial charge in [0.15, 0.2) is 0 Å². The number of aryl methyl sites for hydroxylation is 1. The molecule has 1 aliphatic rings. The van der Waals surface area contributed by atoms with Gasteiger partial charge in [-0.25, -0.2) is 9.59 Å². The second-order valence-electron chi connectivity index (χ2n) is 7.73. The van der Waals surface area contributed by atoms with Gasteiger partial charge in [0.1, 0.15) is 18.1 Å². The van der Waals surface area contributed by atoms with Crippen molar-refractivity contribution in [2.45, 2.75) is 20.1 Å². The highest BCUT2D eigenvalue weighted by Gasteiger charge is 2.33. The number of hydrogen-bond donors (Lipinski definition) is 2. The van der Waals surface area contributed by atoms with Crippen molar-refractivity contribution in [2.75, 3.05) is 0 Å². The molecule has 1 aliphatic heterocycles. The highest BCUT2D eigenvalue weighted by Crippen LogP contribution is 2.20. The lowest BCUT2D eigenvalue weighted by Gasteiger charge is -2.12. The van der Waals surface area contributed by atoms with E-state index in [1.807, 2.05) is 31.2 Å². The second-order valence-corrected chi connectivity index (χ2v) is 7.73. The summed E-state index contributed by atoms with van der Waals surface area (Å²) in [5.41, 5.74) is 3.99. The zero-order chi connectivity index (χ0) is 23.4. The molecule has 7 heteroatoms. The quantitative estimate of drug-likeness (QED) is 0.419. The zero-order valence-corrected chi connectivity index (χ0v) is 17.9. The first-order chi connectivity index (χ1) is 15.9. The number of ether oxygens (including phenoxy) is 1. The first-order valence-electron chi connectivity index (χ1n) is 10.3. The Morgan fingerprint density at radius 1 is 1.00 bits per heavy atom. The van der Waals surface area contributed by atoms with Crippen molar-refractivity contribution in [3.63, 3.8) is 0 Å². The van der Waals surface area contributed by atoms with Crippen molar-refractivity contribution in [3.05, 3.63) is 106 Å². The third kappa shape index (κ3) is 5.27. The molecule has 33 heavy (non-hydrogen) atoms. The molecule has 3 aromatic rings. The SMILES string of the molecule is Cc1cccc(CN2C(=O)N/C(=C/c3ccc(OCc4ccc(C(=O)O)cc4)cc3)C2=O)c1. The molecule has 0 spiro atoms. The van der Waals surface area contributed by atoms with E-state index < -0.39 is 12.0 Å². The van der Waals surface area contributed by atoms with Gasteiger partial charge in [-0.1, -0.05) is 54.1 Å². The minimum atomic E-state index is -0.970. The van der Waals surface area contributed by atoms with E-state index in [-0.39, 0.29) is 23.7 Å². The van der Waals surface area contributed by atoms with Crippen molar-refractivity contribution in [3.8, 4) is 5.75 Å². The largest absolute Gasteiger partial charge is 0.489 e. The number of rotatable bonds is 7. The van der Waals surface area contributed by atoms with Gasteiger partial charge in [-0.15, -0.1) is 0 Å². The lowest BCUT2D eigenvalue weighted by atomic mass is 10.1. The minimum Gasteiger partial charge on any atom is -0.489 e. The maximum absolute atomic E-state index is 12.7. The van der Waals surface area contributed by atoms with Gasteiger partial charge in [0.2, 0.25) is 0 Å². The molecule has 3 amide bonds. The van der Waals surface area contributed by atoms with Crippen LogP contribution in [0.4, 0.5) is 4.79 Å². The van der Waals surface area contributed by atoms with E-state index in [2.05, 4.69) is 5.32 Å². The molecule has 0 aromatic heterocycles. The average molecular weight is 442 g/mol. The molecule has 7 nitrogen and oxygen atoms in total. The molecular weight excluding hydrogens is 420 g/mol. The number of carboxylic acid groups (broad SMARTS) is 1. The van der Waals surface area contributed by atoms with Gasteiger partial charge in [-0.3, -0.25) is 9.69 Å². The van der Waals surface area contributed by atoms with Crippen LogP contribution in [-0.2, 0) is 17.9 Å². The van der Waals surface area contributed by atoms with Crippen molar-refractivity contribution in [2.24, 2.45) is 0 Å². The Morgan fingerprint density at radius 2 is 1.73 bits per heavy atom.